The smallest absolute Gasteiger partial charge is 0.326 e. The molecule has 2 aromatic rings. The summed E-state index contributed by atoms with van der Waals surface area (Å²) in [5, 5.41) is 0. The van der Waals surface area contributed by atoms with Crippen molar-refractivity contribution in [2.24, 2.45) is 10.9 Å². The van der Waals surface area contributed by atoms with Crippen molar-refractivity contribution in [3.63, 3.8) is 0 Å². The van der Waals surface area contributed by atoms with E-state index in [1.165, 1.54) is 24.2 Å². The van der Waals surface area contributed by atoms with Gasteiger partial charge < -0.3 is 9.30 Å². The van der Waals surface area contributed by atoms with Gasteiger partial charge in [0.2, 0.25) is 5.91 Å². The number of aromatic nitrogens is 1. The number of benzene rings is 1. The third kappa shape index (κ3) is 3.93. The highest BCUT2D eigenvalue weighted by Gasteiger charge is 2.18. The minimum atomic E-state index is -0.314. The van der Waals surface area contributed by atoms with Gasteiger partial charge in [0.05, 0.1) is 16.8 Å². The van der Waals surface area contributed by atoms with Crippen LogP contribution < -0.4 is 4.80 Å². The number of rotatable bonds is 5. The number of amides is 1. The van der Waals surface area contributed by atoms with Crippen molar-refractivity contribution in [2.45, 2.75) is 45.6 Å². The zero-order valence-corrected chi connectivity index (χ0v) is 14.7. The molecule has 1 aromatic heterocycles. The first-order chi connectivity index (χ1) is 11.7. The molecule has 0 N–H and O–H groups in total. The third-order valence-corrected chi connectivity index (χ3v) is 5.40. The largest absolute Gasteiger partial charge is 0.465 e. The lowest BCUT2D eigenvalue weighted by Gasteiger charge is -2.06. The number of thiazole rings is 1. The number of carbonyl (C=O) groups excluding carboxylic acids is 2. The molecule has 0 aliphatic heterocycles. The van der Waals surface area contributed by atoms with Gasteiger partial charge in [-0.05, 0) is 37.8 Å². The molecule has 0 bridgehead atoms. The van der Waals surface area contributed by atoms with E-state index in [1.54, 1.807) is 11.5 Å². The maximum absolute atomic E-state index is 12.3. The molecule has 5 nitrogen and oxygen atoms in total. The molecule has 0 radical (unpaired) electrons. The van der Waals surface area contributed by atoms with Crippen LogP contribution in [0.3, 0.4) is 0 Å². The van der Waals surface area contributed by atoms with Crippen LogP contribution in [0.1, 0.15) is 39.0 Å². The van der Waals surface area contributed by atoms with Crippen LogP contribution in [-0.2, 0) is 20.9 Å². The topological polar surface area (TPSA) is 60.7 Å². The molecule has 1 aliphatic carbocycles. The van der Waals surface area contributed by atoms with E-state index in [4.69, 9.17) is 4.74 Å². The highest BCUT2D eigenvalue weighted by atomic mass is 32.1. The van der Waals surface area contributed by atoms with Crippen LogP contribution in [0.4, 0.5) is 0 Å². The van der Waals surface area contributed by atoms with E-state index in [1.807, 2.05) is 24.3 Å². The Hall–Kier alpha value is -1.95. The van der Waals surface area contributed by atoms with E-state index >= 15 is 0 Å². The number of fused-ring (bicyclic) bond motifs is 1. The highest BCUT2D eigenvalue weighted by molar-refractivity contribution is 7.16. The second-order valence-corrected chi connectivity index (χ2v) is 7.11. The van der Waals surface area contributed by atoms with Gasteiger partial charge in [0, 0.05) is 6.42 Å². The van der Waals surface area contributed by atoms with Crippen molar-refractivity contribution in [1.82, 2.24) is 4.57 Å². The number of esters is 1. The monoisotopic (exact) mass is 346 g/mol. The van der Waals surface area contributed by atoms with E-state index in [-0.39, 0.29) is 18.4 Å². The summed E-state index contributed by atoms with van der Waals surface area (Å²) in [6.07, 6.45) is 5.17. The molecule has 1 amide bonds. The van der Waals surface area contributed by atoms with E-state index in [0.717, 1.165) is 23.1 Å². The van der Waals surface area contributed by atoms with Crippen LogP contribution in [0.5, 0.6) is 0 Å². The molecular formula is C18H22N2O3S. The van der Waals surface area contributed by atoms with Gasteiger partial charge in [-0.2, -0.15) is 4.99 Å². The van der Waals surface area contributed by atoms with Crippen LogP contribution in [0.15, 0.2) is 29.3 Å². The lowest BCUT2D eigenvalue weighted by molar-refractivity contribution is -0.143. The zero-order chi connectivity index (χ0) is 16.9. The molecule has 1 saturated carbocycles. The third-order valence-electron chi connectivity index (χ3n) is 4.34. The normalized spacial score (nSPS) is 16.0. The van der Waals surface area contributed by atoms with Crippen LogP contribution in [0, 0.1) is 5.92 Å². The van der Waals surface area contributed by atoms with Gasteiger partial charge in [-0.25, -0.2) is 0 Å². The Morgan fingerprint density at radius 3 is 2.79 bits per heavy atom. The summed E-state index contributed by atoms with van der Waals surface area (Å²) in [4.78, 5) is 29.1. The number of carbonyl (C=O) groups is 2. The second-order valence-electron chi connectivity index (χ2n) is 6.10. The summed E-state index contributed by atoms with van der Waals surface area (Å²) in [6, 6.07) is 7.77. The maximum atomic E-state index is 12.3. The van der Waals surface area contributed by atoms with E-state index in [0.29, 0.717) is 23.7 Å². The fourth-order valence-corrected chi connectivity index (χ4v) is 4.26. The number of hydrogen-bond donors (Lipinski definition) is 0. The fraction of sp³-hybridized carbons (Fsp3) is 0.500. The van der Waals surface area contributed by atoms with Crippen molar-refractivity contribution in [3.05, 3.63) is 29.1 Å². The molecular weight excluding hydrogens is 324 g/mol. The molecule has 1 fully saturated rings. The van der Waals surface area contributed by atoms with Gasteiger partial charge in [-0.1, -0.05) is 36.3 Å². The molecule has 1 aliphatic rings. The Morgan fingerprint density at radius 2 is 2.04 bits per heavy atom. The van der Waals surface area contributed by atoms with Gasteiger partial charge in [-0.15, -0.1) is 0 Å². The van der Waals surface area contributed by atoms with Crippen molar-refractivity contribution in [3.8, 4) is 0 Å². The van der Waals surface area contributed by atoms with E-state index < -0.39 is 0 Å². The number of hydrogen-bond acceptors (Lipinski definition) is 4. The molecule has 1 aromatic carbocycles. The van der Waals surface area contributed by atoms with Crippen LogP contribution in [-0.4, -0.2) is 23.1 Å². The minimum Gasteiger partial charge on any atom is -0.465 e. The molecule has 0 saturated heterocycles. The summed E-state index contributed by atoms with van der Waals surface area (Å²) in [7, 11) is 0. The Balaban J connectivity index is 1.91. The predicted octanol–water partition coefficient (Wildman–Crippen LogP) is 3.27. The predicted molar refractivity (Wildman–Crippen MR) is 93.6 cm³/mol. The van der Waals surface area contributed by atoms with Gasteiger partial charge in [0.25, 0.3) is 0 Å². The number of nitrogens with zero attached hydrogens (tertiary/aromatic N) is 2. The average Bonchev–Trinajstić information content (AvgIpc) is 3.16. The Labute approximate surface area is 145 Å². The van der Waals surface area contributed by atoms with Crippen molar-refractivity contribution < 1.29 is 14.3 Å². The first-order valence-corrected chi connectivity index (χ1v) is 9.30. The summed E-state index contributed by atoms with van der Waals surface area (Å²) in [5.74, 6) is 0.0611. The SMILES string of the molecule is CCOC(=O)Cn1c(=NC(=O)CC2CCCC2)sc2ccccc21. The van der Waals surface area contributed by atoms with Crippen molar-refractivity contribution in [1.29, 1.82) is 0 Å². The summed E-state index contributed by atoms with van der Waals surface area (Å²) < 4.78 is 7.84. The molecule has 24 heavy (non-hydrogen) atoms. The van der Waals surface area contributed by atoms with E-state index in [9.17, 15) is 9.59 Å². The molecule has 6 heteroatoms. The van der Waals surface area contributed by atoms with E-state index in [2.05, 4.69) is 4.99 Å². The lowest BCUT2D eigenvalue weighted by Crippen LogP contribution is -2.23. The van der Waals surface area contributed by atoms with Crippen molar-refractivity contribution in [2.75, 3.05) is 6.61 Å². The quantitative estimate of drug-likeness (QED) is 0.781. The highest BCUT2D eigenvalue weighted by Crippen LogP contribution is 2.27. The van der Waals surface area contributed by atoms with Gasteiger partial charge in [0.15, 0.2) is 4.80 Å². The minimum absolute atomic E-state index is 0.0768. The van der Waals surface area contributed by atoms with Gasteiger partial charge >= 0.3 is 5.97 Å². The molecule has 1 heterocycles. The van der Waals surface area contributed by atoms with Crippen molar-refractivity contribution >= 4 is 33.4 Å². The first-order valence-electron chi connectivity index (χ1n) is 8.49. The zero-order valence-electron chi connectivity index (χ0n) is 13.9. The second kappa shape index (κ2) is 7.75. The van der Waals surface area contributed by atoms with Gasteiger partial charge in [0.1, 0.15) is 6.54 Å². The van der Waals surface area contributed by atoms with Crippen LogP contribution in [0.25, 0.3) is 10.2 Å². The number of para-hydroxylation sites is 1. The molecule has 3 rings (SSSR count). The molecule has 0 spiro atoms. The number of ether oxygens (including phenoxy) is 1. The summed E-state index contributed by atoms with van der Waals surface area (Å²) >= 11 is 1.44. The Morgan fingerprint density at radius 1 is 1.29 bits per heavy atom. The molecule has 0 atom stereocenters. The molecule has 0 unspecified atom stereocenters. The van der Waals surface area contributed by atoms with Crippen LogP contribution >= 0.6 is 11.3 Å². The van der Waals surface area contributed by atoms with Gasteiger partial charge in [-0.3, -0.25) is 9.59 Å². The standard InChI is InChI=1S/C18H22N2O3S/c1-2-23-17(22)12-20-14-9-5-6-10-15(14)24-18(20)19-16(21)11-13-7-3-4-8-13/h5-6,9-10,13H,2-4,7-8,11-12H2,1H3. The Bertz CT molecular complexity index is 800. The summed E-state index contributed by atoms with van der Waals surface area (Å²) in [5.41, 5.74) is 0.906. The first kappa shape index (κ1) is 16.9. The van der Waals surface area contributed by atoms with Crippen LogP contribution in [0.2, 0.25) is 0 Å². The Kier molecular flexibility index (Phi) is 5.45. The molecule has 128 valence electrons. The lowest BCUT2D eigenvalue weighted by atomic mass is 10.0. The fourth-order valence-electron chi connectivity index (χ4n) is 3.21. The maximum Gasteiger partial charge on any atom is 0.326 e. The average molecular weight is 346 g/mol. The summed E-state index contributed by atoms with van der Waals surface area (Å²) in [6.45, 7) is 2.20.